The van der Waals surface area contributed by atoms with Crippen molar-refractivity contribution in [3.8, 4) is 5.75 Å². The molecule has 1 aliphatic heterocycles. The van der Waals surface area contributed by atoms with Crippen molar-refractivity contribution in [3.63, 3.8) is 0 Å². The molecule has 0 saturated carbocycles. The van der Waals surface area contributed by atoms with Crippen LogP contribution in [0.15, 0.2) is 30.3 Å². The number of hydrogen-bond donors (Lipinski definition) is 0. The van der Waals surface area contributed by atoms with Crippen molar-refractivity contribution in [3.05, 3.63) is 47.3 Å². The zero-order valence-corrected chi connectivity index (χ0v) is 15.7. The molecule has 1 aliphatic rings. The molecule has 138 valence electrons. The number of carbonyl (C=O) groups is 1. The van der Waals surface area contributed by atoms with E-state index >= 15 is 0 Å². The molecular formula is C20H26N4O2. The van der Waals surface area contributed by atoms with E-state index in [1.165, 1.54) is 0 Å². The van der Waals surface area contributed by atoms with E-state index in [2.05, 4.69) is 14.9 Å². The molecule has 0 atom stereocenters. The molecule has 1 aromatic heterocycles. The second-order valence-corrected chi connectivity index (χ2v) is 6.67. The molecule has 0 spiro atoms. The lowest BCUT2D eigenvalue weighted by Gasteiger charge is -2.35. The third-order valence-corrected chi connectivity index (χ3v) is 4.67. The van der Waals surface area contributed by atoms with Gasteiger partial charge in [0, 0.05) is 44.0 Å². The molecule has 0 N–H and O–H groups in total. The Morgan fingerprint density at radius 3 is 2.23 bits per heavy atom. The summed E-state index contributed by atoms with van der Waals surface area (Å²) in [6.45, 7) is 6.96. The van der Waals surface area contributed by atoms with Gasteiger partial charge in [0.15, 0.2) is 0 Å². The molecule has 1 fully saturated rings. The number of rotatable bonds is 5. The van der Waals surface area contributed by atoms with E-state index in [1.807, 2.05) is 49.1 Å². The molecule has 2 heterocycles. The molecule has 1 aromatic carbocycles. The topological polar surface area (TPSA) is 58.6 Å². The minimum atomic E-state index is 0.210. The Balaban J connectivity index is 1.50. The molecule has 0 radical (unpaired) electrons. The highest BCUT2D eigenvalue weighted by Gasteiger charge is 2.22. The van der Waals surface area contributed by atoms with Crippen molar-refractivity contribution in [2.45, 2.75) is 26.7 Å². The molecule has 1 saturated heterocycles. The molecule has 0 aliphatic carbocycles. The van der Waals surface area contributed by atoms with E-state index in [0.717, 1.165) is 61.2 Å². The maximum Gasteiger partial charge on any atom is 0.225 e. The summed E-state index contributed by atoms with van der Waals surface area (Å²) in [6, 6.07) is 9.87. The first kappa shape index (κ1) is 18.2. The second kappa shape index (κ2) is 8.17. The summed E-state index contributed by atoms with van der Waals surface area (Å²) >= 11 is 0. The van der Waals surface area contributed by atoms with Gasteiger partial charge in [-0.3, -0.25) is 4.79 Å². The number of aryl methyl sites for hydroxylation is 3. The van der Waals surface area contributed by atoms with Crippen LogP contribution >= 0.6 is 0 Å². The number of piperazine rings is 1. The molecular weight excluding hydrogens is 328 g/mol. The zero-order chi connectivity index (χ0) is 18.5. The number of amides is 1. The van der Waals surface area contributed by atoms with Crippen LogP contribution in [0, 0.1) is 13.8 Å². The van der Waals surface area contributed by atoms with Gasteiger partial charge in [-0.15, -0.1) is 0 Å². The summed E-state index contributed by atoms with van der Waals surface area (Å²) in [5, 5.41) is 0. The largest absolute Gasteiger partial charge is 0.497 e. The van der Waals surface area contributed by atoms with Crippen LogP contribution in [-0.2, 0) is 11.2 Å². The van der Waals surface area contributed by atoms with Crippen LogP contribution in [0.4, 0.5) is 5.95 Å². The average molecular weight is 354 g/mol. The lowest BCUT2D eigenvalue weighted by atomic mass is 10.1. The first-order valence-corrected chi connectivity index (χ1v) is 9.03. The Kier molecular flexibility index (Phi) is 5.71. The maximum absolute atomic E-state index is 12.5. The van der Waals surface area contributed by atoms with Gasteiger partial charge >= 0.3 is 0 Å². The second-order valence-electron chi connectivity index (χ2n) is 6.67. The van der Waals surface area contributed by atoms with Crippen LogP contribution in [0.1, 0.15) is 23.4 Å². The van der Waals surface area contributed by atoms with Crippen LogP contribution in [-0.4, -0.2) is 54.1 Å². The van der Waals surface area contributed by atoms with Crippen LogP contribution < -0.4 is 9.64 Å². The van der Waals surface area contributed by atoms with Gasteiger partial charge in [-0.1, -0.05) is 12.1 Å². The fraction of sp³-hybridized carbons (Fsp3) is 0.450. The summed E-state index contributed by atoms with van der Waals surface area (Å²) in [4.78, 5) is 25.6. The van der Waals surface area contributed by atoms with Crippen molar-refractivity contribution in [2.75, 3.05) is 38.2 Å². The maximum atomic E-state index is 12.5. The first-order valence-electron chi connectivity index (χ1n) is 9.03. The van der Waals surface area contributed by atoms with E-state index in [0.29, 0.717) is 6.42 Å². The molecule has 6 nitrogen and oxygen atoms in total. The van der Waals surface area contributed by atoms with Crippen LogP contribution in [0.25, 0.3) is 0 Å². The van der Waals surface area contributed by atoms with E-state index in [-0.39, 0.29) is 5.91 Å². The predicted octanol–water partition coefficient (Wildman–Crippen LogP) is 2.38. The Morgan fingerprint density at radius 2 is 1.65 bits per heavy atom. The third-order valence-electron chi connectivity index (χ3n) is 4.67. The smallest absolute Gasteiger partial charge is 0.225 e. The zero-order valence-electron chi connectivity index (χ0n) is 15.7. The Morgan fingerprint density at radius 1 is 1.04 bits per heavy atom. The third kappa shape index (κ3) is 4.50. The van der Waals surface area contributed by atoms with Crippen molar-refractivity contribution >= 4 is 11.9 Å². The van der Waals surface area contributed by atoms with Crippen LogP contribution in [0.3, 0.4) is 0 Å². The van der Waals surface area contributed by atoms with Gasteiger partial charge in [-0.2, -0.15) is 0 Å². The van der Waals surface area contributed by atoms with E-state index in [9.17, 15) is 4.79 Å². The fourth-order valence-electron chi connectivity index (χ4n) is 3.21. The summed E-state index contributed by atoms with van der Waals surface area (Å²) in [5.74, 6) is 1.82. The number of benzene rings is 1. The Labute approximate surface area is 154 Å². The number of anilines is 1. The molecule has 0 bridgehead atoms. The van der Waals surface area contributed by atoms with Gasteiger partial charge in [0.05, 0.1) is 7.11 Å². The van der Waals surface area contributed by atoms with Crippen molar-refractivity contribution in [2.24, 2.45) is 0 Å². The summed E-state index contributed by atoms with van der Waals surface area (Å²) < 4.78 is 5.16. The summed E-state index contributed by atoms with van der Waals surface area (Å²) in [6.07, 6.45) is 1.29. The summed E-state index contributed by atoms with van der Waals surface area (Å²) in [7, 11) is 1.65. The van der Waals surface area contributed by atoms with Gasteiger partial charge in [-0.25, -0.2) is 9.97 Å². The van der Waals surface area contributed by atoms with Gasteiger partial charge < -0.3 is 14.5 Å². The molecule has 2 aromatic rings. The molecule has 26 heavy (non-hydrogen) atoms. The molecule has 6 heteroatoms. The number of nitrogens with zero attached hydrogens (tertiary/aromatic N) is 4. The lowest BCUT2D eigenvalue weighted by molar-refractivity contribution is -0.131. The van der Waals surface area contributed by atoms with Gasteiger partial charge in [0.25, 0.3) is 0 Å². The number of carbonyl (C=O) groups excluding carboxylic acids is 1. The standard InChI is InChI=1S/C20H26N4O2/c1-15-14-16(2)22-20(21-15)24-12-10-23(11-13-24)19(25)9-6-17-4-7-18(26-3)8-5-17/h4-5,7-8,14H,6,9-13H2,1-3H3. The SMILES string of the molecule is COc1ccc(CCC(=O)N2CCN(c3nc(C)cc(C)n3)CC2)cc1. The predicted molar refractivity (Wildman–Crippen MR) is 102 cm³/mol. The Bertz CT molecular complexity index is 733. The van der Waals surface area contributed by atoms with Crippen LogP contribution in [0.2, 0.25) is 0 Å². The van der Waals surface area contributed by atoms with E-state index < -0.39 is 0 Å². The van der Waals surface area contributed by atoms with E-state index in [1.54, 1.807) is 7.11 Å². The van der Waals surface area contributed by atoms with Gasteiger partial charge in [0.1, 0.15) is 5.75 Å². The van der Waals surface area contributed by atoms with Gasteiger partial charge in [-0.05, 0) is 44.0 Å². The number of ether oxygens (including phenoxy) is 1. The van der Waals surface area contributed by atoms with E-state index in [4.69, 9.17) is 4.74 Å². The minimum absolute atomic E-state index is 0.210. The first-order chi connectivity index (χ1) is 12.5. The van der Waals surface area contributed by atoms with Crippen LogP contribution in [0.5, 0.6) is 5.75 Å². The average Bonchev–Trinajstić information content (AvgIpc) is 2.66. The summed E-state index contributed by atoms with van der Waals surface area (Å²) in [5.41, 5.74) is 3.11. The van der Waals surface area contributed by atoms with Gasteiger partial charge in [0.2, 0.25) is 11.9 Å². The normalized spacial score (nSPS) is 14.4. The quantitative estimate of drug-likeness (QED) is 0.825. The number of hydrogen-bond acceptors (Lipinski definition) is 5. The molecule has 1 amide bonds. The highest BCUT2D eigenvalue weighted by atomic mass is 16.5. The fourth-order valence-corrected chi connectivity index (χ4v) is 3.21. The van der Waals surface area contributed by atoms with Crippen molar-refractivity contribution < 1.29 is 9.53 Å². The Hall–Kier alpha value is -2.63. The number of methoxy groups -OCH3 is 1. The molecule has 0 unspecified atom stereocenters. The van der Waals surface area contributed by atoms with Crippen molar-refractivity contribution in [1.82, 2.24) is 14.9 Å². The molecule has 3 rings (SSSR count). The lowest BCUT2D eigenvalue weighted by Crippen LogP contribution is -2.49. The highest BCUT2D eigenvalue weighted by molar-refractivity contribution is 5.76. The van der Waals surface area contributed by atoms with Crippen molar-refractivity contribution in [1.29, 1.82) is 0 Å². The number of aromatic nitrogens is 2. The monoisotopic (exact) mass is 354 g/mol. The highest BCUT2D eigenvalue weighted by Crippen LogP contribution is 2.15. The minimum Gasteiger partial charge on any atom is -0.497 e.